The van der Waals surface area contributed by atoms with Crippen LogP contribution in [0.4, 0.5) is 0 Å². The van der Waals surface area contributed by atoms with E-state index in [2.05, 4.69) is 25.1 Å². The summed E-state index contributed by atoms with van der Waals surface area (Å²) in [6, 6.07) is 18.1. The third kappa shape index (κ3) is 5.83. The Balaban J connectivity index is 1.55. The minimum absolute atomic E-state index is 0.724. The highest BCUT2D eigenvalue weighted by Gasteiger charge is 1.97. The molecule has 22 heavy (non-hydrogen) atoms. The molecule has 0 unspecified atom stereocenters. The first kappa shape index (κ1) is 16.5. The van der Waals surface area contributed by atoms with Gasteiger partial charge in [0.15, 0.2) is 0 Å². The van der Waals surface area contributed by atoms with Crippen molar-refractivity contribution >= 4 is 11.8 Å². The molecule has 0 radical (unpaired) electrons. The Bertz CT molecular complexity index is 616. The predicted octanol–water partition coefficient (Wildman–Crippen LogP) is 4.96. The van der Waals surface area contributed by atoms with E-state index in [1.165, 1.54) is 11.1 Å². The Morgan fingerprint density at radius 3 is 2.64 bits per heavy atom. The van der Waals surface area contributed by atoms with Gasteiger partial charge in [-0.1, -0.05) is 24.3 Å². The maximum Gasteiger partial charge on any atom is 0.119 e. The molecule has 2 aromatic carbocycles. The molecule has 2 rings (SSSR count). The highest BCUT2D eigenvalue weighted by atomic mass is 32.2. The monoisotopic (exact) mass is 311 g/mol. The lowest BCUT2D eigenvalue weighted by Gasteiger charge is -2.07. The van der Waals surface area contributed by atoms with Crippen molar-refractivity contribution in [3.8, 4) is 11.8 Å². The predicted molar refractivity (Wildman–Crippen MR) is 93.2 cm³/mol. The number of aryl methyl sites for hydroxylation is 1. The molecular weight excluding hydrogens is 290 g/mol. The second-order valence-corrected chi connectivity index (χ2v) is 6.34. The van der Waals surface area contributed by atoms with Gasteiger partial charge in [0.25, 0.3) is 0 Å². The molecule has 0 aromatic heterocycles. The van der Waals surface area contributed by atoms with E-state index in [1.54, 1.807) is 0 Å². The fourth-order valence-electron chi connectivity index (χ4n) is 2.07. The van der Waals surface area contributed by atoms with Crippen molar-refractivity contribution in [2.75, 3.05) is 12.4 Å². The SMILES string of the molecule is Cc1cccc(OCCCCSCc2ccc(C#N)cc2)c1. The Kier molecular flexibility index (Phi) is 6.86. The second-order valence-electron chi connectivity index (χ2n) is 5.23. The molecule has 0 saturated heterocycles. The lowest BCUT2D eigenvalue weighted by atomic mass is 10.2. The van der Waals surface area contributed by atoms with Gasteiger partial charge in [0.2, 0.25) is 0 Å². The van der Waals surface area contributed by atoms with Gasteiger partial charge < -0.3 is 4.74 Å². The number of thioether (sulfide) groups is 1. The Hall–Kier alpha value is -1.92. The first-order valence-electron chi connectivity index (χ1n) is 7.54. The van der Waals surface area contributed by atoms with Gasteiger partial charge in [-0.05, 0) is 60.9 Å². The van der Waals surface area contributed by atoms with Crippen LogP contribution in [-0.4, -0.2) is 12.4 Å². The molecule has 0 N–H and O–H groups in total. The molecule has 0 bridgehead atoms. The summed E-state index contributed by atoms with van der Waals surface area (Å²) in [5, 5.41) is 8.76. The molecule has 0 spiro atoms. The number of benzene rings is 2. The standard InChI is InChI=1S/C19H21NOS/c1-16-5-4-6-19(13-16)21-11-2-3-12-22-15-18-9-7-17(14-20)8-10-18/h4-10,13H,2-3,11-12,15H2,1H3. The molecule has 0 saturated carbocycles. The van der Waals surface area contributed by atoms with Crippen molar-refractivity contribution in [3.63, 3.8) is 0 Å². The van der Waals surface area contributed by atoms with Gasteiger partial charge in [-0.25, -0.2) is 0 Å². The van der Waals surface area contributed by atoms with E-state index in [1.807, 2.05) is 48.2 Å². The number of nitrogens with zero attached hydrogens (tertiary/aromatic N) is 1. The fourth-order valence-corrected chi connectivity index (χ4v) is 3.05. The molecule has 0 amide bonds. The largest absolute Gasteiger partial charge is 0.494 e. The summed E-state index contributed by atoms with van der Waals surface area (Å²) in [5.74, 6) is 3.10. The van der Waals surface area contributed by atoms with Gasteiger partial charge in [0, 0.05) is 5.75 Å². The lowest BCUT2D eigenvalue weighted by molar-refractivity contribution is 0.309. The second kappa shape index (κ2) is 9.17. The van der Waals surface area contributed by atoms with E-state index in [4.69, 9.17) is 10.00 Å². The molecule has 0 heterocycles. The summed E-state index contributed by atoms with van der Waals surface area (Å²) in [6.07, 6.45) is 2.24. The van der Waals surface area contributed by atoms with E-state index < -0.39 is 0 Å². The fraction of sp³-hybridized carbons (Fsp3) is 0.316. The molecule has 0 aliphatic heterocycles. The van der Waals surface area contributed by atoms with E-state index in [9.17, 15) is 0 Å². The Morgan fingerprint density at radius 2 is 1.91 bits per heavy atom. The van der Waals surface area contributed by atoms with Crippen molar-refractivity contribution in [2.24, 2.45) is 0 Å². The van der Waals surface area contributed by atoms with E-state index >= 15 is 0 Å². The molecule has 0 fully saturated rings. The van der Waals surface area contributed by atoms with Gasteiger partial charge in [-0.2, -0.15) is 17.0 Å². The van der Waals surface area contributed by atoms with Crippen LogP contribution in [0.3, 0.4) is 0 Å². The minimum atomic E-state index is 0.724. The van der Waals surface area contributed by atoms with Crippen molar-refractivity contribution in [3.05, 3.63) is 65.2 Å². The van der Waals surface area contributed by atoms with Gasteiger partial charge in [-0.3, -0.25) is 0 Å². The summed E-state index contributed by atoms with van der Waals surface area (Å²) in [7, 11) is 0. The van der Waals surface area contributed by atoms with Crippen LogP contribution in [0.5, 0.6) is 5.75 Å². The lowest BCUT2D eigenvalue weighted by Crippen LogP contribution is -1.98. The highest BCUT2D eigenvalue weighted by Crippen LogP contribution is 2.16. The zero-order chi connectivity index (χ0) is 15.6. The average molecular weight is 311 g/mol. The van der Waals surface area contributed by atoms with Gasteiger partial charge >= 0.3 is 0 Å². The topological polar surface area (TPSA) is 33.0 Å². The van der Waals surface area contributed by atoms with Crippen LogP contribution in [0.2, 0.25) is 0 Å². The molecule has 0 aliphatic carbocycles. The van der Waals surface area contributed by atoms with E-state index in [0.717, 1.165) is 42.3 Å². The van der Waals surface area contributed by atoms with Crippen molar-refractivity contribution in [1.29, 1.82) is 5.26 Å². The molecule has 0 aliphatic rings. The summed E-state index contributed by atoms with van der Waals surface area (Å²) in [5.41, 5.74) is 3.23. The minimum Gasteiger partial charge on any atom is -0.494 e. The molecule has 2 nitrogen and oxygen atoms in total. The average Bonchev–Trinajstić information content (AvgIpc) is 2.54. The van der Waals surface area contributed by atoms with Crippen molar-refractivity contribution < 1.29 is 4.74 Å². The number of hydrogen-bond acceptors (Lipinski definition) is 3. The number of rotatable bonds is 8. The smallest absolute Gasteiger partial charge is 0.119 e. The van der Waals surface area contributed by atoms with Gasteiger partial charge in [0.1, 0.15) is 5.75 Å². The van der Waals surface area contributed by atoms with Crippen molar-refractivity contribution in [2.45, 2.75) is 25.5 Å². The molecular formula is C19H21NOS. The summed E-state index contributed by atoms with van der Waals surface area (Å²) >= 11 is 1.93. The third-order valence-electron chi connectivity index (χ3n) is 3.29. The Morgan fingerprint density at radius 1 is 1.09 bits per heavy atom. The van der Waals surface area contributed by atoms with Crippen LogP contribution < -0.4 is 4.74 Å². The van der Waals surface area contributed by atoms with Crippen molar-refractivity contribution in [1.82, 2.24) is 0 Å². The van der Waals surface area contributed by atoms with Crippen LogP contribution in [0.15, 0.2) is 48.5 Å². The molecule has 3 heteroatoms. The van der Waals surface area contributed by atoms with Gasteiger partial charge in [0.05, 0.1) is 18.2 Å². The quantitative estimate of drug-likeness (QED) is 0.646. The van der Waals surface area contributed by atoms with Crippen LogP contribution in [-0.2, 0) is 5.75 Å². The summed E-state index contributed by atoms with van der Waals surface area (Å²) in [6.45, 7) is 2.85. The summed E-state index contributed by atoms with van der Waals surface area (Å²) < 4.78 is 5.74. The zero-order valence-corrected chi connectivity index (χ0v) is 13.7. The summed E-state index contributed by atoms with van der Waals surface area (Å²) in [4.78, 5) is 0. The van der Waals surface area contributed by atoms with Crippen LogP contribution in [0.25, 0.3) is 0 Å². The number of nitriles is 1. The van der Waals surface area contributed by atoms with Gasteiger partial charge in [-0.15, -0.1) is 0 Å². The maximum absolute atomic E-state index is 8.76. The van der Waals surface area contributed by atoms with Crippen LogP contribution >= 0.6 is 11.8 Å². The van der Waals surface area contributed by atoms with E-state index in [-0.39, 0.29) is 0 Å². The number of unbranched alkanes of at least 4 members (excludes halogenated alkanes) is 1. The first-order valence-corrected chi connectivity index (χ1v) is 8.69. The number of hydrogen-bond donors (Lipinski definition) is 0. The van der Waals surface area contributed by atoms with Crippen LogP contribution in [0.1, 0.15) is 29.5 Å². The third-order valence-corrected chi connectivity index (χ3v) is 4.41. The number of ether oxygens (including phenoxy) is 1. The molecule has 114 valence electrons. The van der Waals surface area contributed by atoms with Crippen LogP contribution in [0, 0.1) is 18.3 Å². The molecule has 0 atom stereocenters. The Labute approximate surface area is 137 Å². The molecule has 2 aromatic rings. The highest BCUT2D eigenvalue weighted by molar-refractivity contribution is 7.98. The maximum atomic E-state index is 8.76. The van der Waals surface area contributed by atoms with E-state index in [0.29, 0.717) is 0 Å². The zero-order valence-electron chi connectivity index (χ0n) is 12.9. The first-order chi connectivity index (χ1) is 10.8. The normalized spacial score (nSPS) is 10.2.